The van der Waals surface area contributed by atoms with Crippen LogP contribution in [-0.2, 0) is 6.54 Å². The summed E-state index contributed by atoms with van der Waals surface area (Å²) in [5.41, 5.74) is 4.42. The average molecular weight is 373 g/mol. The molecule has 0 unspecified atom stereocenters. The highest BCUT2D eigenvalue weighted by Crippen LogP contribution is 2.20. The number of carbonyl (C=O) groups is 1. The molecule has 1 aromatic carbocycles. The van der Waals surface area contributed by atoms with Crippen molar-refractivity contribution in [1.29, 1.82) is 0 Å². The summed E-state index contributed by atoms with van der Waals surface area (Å²) in [4.78, 5) is 25.7. The second-order valence-electron chi connectivity index (χ2n) is 6.28. The maximum absolute atomic E-state index is 12.7. The first-order chi connectivity index (χ1) is 13.7. The van der Waals surface area contributed by atoms with E-state index in [0.29, 0.717) is 17.9 Å². The average Bonchev–Trinajstić information content (AvgIpc) is 3.08. The third-order valence-corrected chi connectivity index (χ3v) is 4.46. The van der Waals surface area contributed by atoms with Crippen LogP contribution in [0.2, 0.25) is 0 Å². The fraction of sp³-hybridized carbons (Fsp3) is 0.143. The second kappa shape index (κ2) is 7.48. The van der Waals surface area contributed by atoms with Crippen LogP contribution in [0.4, 0.5) is 0 Å². The number of hydrogen-bond acceptors (Lipinski definition) is 5. The lowest BCUT2D eigenvalue weighted by Crippen LogP contribution is -2.25. The Balaban J connectivity index is 1.51. The SMILES string of the molecule is COc1ccc(-c2cc(CNC(=O)c3c(C)nc4ccccn34)ncn2)cc1. The molecular weight excluding hydrogens is 354 g/mol. The Hall–Kier alpha value is -3.74. The topological polar surface area (TPSA) is 81.4 Å². The number of aromatic nitrogens is 4. The summed E-state index contributed by atoms with van der Waals surface area (Å²) in [7, 11) is 1.63. The molecule has 0 bridgehead atoms. The molecule has 0 saturated heterocycles. The number of amides is 1. The maximum atomic E-state index is 12.7. The molecule has 0 radical (unpaired) electrons. The van der Waals surface area contributed by atoms with Gasteiger partial charge in [-0.25, -0.2) is 15.0 Å². The number of methoxy groups -OCH3 is 1. The molecular formula is C21H19N5O2. The second-order valence-corrected chi connectivity index (χ2v) is 6.28. The summed E-state index contributed by atoms with van der Waals surface area (Å²) in [6, 6.07) is 15.1. The summed E-state index contributed by atoms with van der Waals surface area (Å²) >= 11 is 0. The van der Waals surface area contributed by atoms with E-state index in [9.17, 15) is 4.79 Å². The van der Waals surface area contributed by atoms with Gasteiger partial charge in [-0.3, -0.25) is 9.20 Å². The standard InChI is InChI=1S/C21H19N5O2/c1-14-20(26-10-4-3-5-19(26)25-14)21(27)22-12-16-11-18(24-13-23-16)15-6-8-17(28-2)9-7-15/h3-11,13H,12H2,1-2H3,(H,22,27). The molecule has 7 nitrogen and oxygen atoms in total. The molecule has 0 fully saturated rings. The zero-order valence-corrected chi connectivity index (χ0v) is 15.6. The molecule has 0 atom stereocenters. The number of fused-ring (bicyclic) bond motifs is 1. The van der Waals surface area contributed by atoms with Crippen LogP contribution in [-0.4, -0.2) is 32.4 Å². The number of pyridine rings is 1. The van der Waals surface area contributed by atoms with Crippen LogP contribution in [0.25, 0.3) is 16.9 Å². The normalized spacial score (nSPS) is 10.8. The molecule has 28 heavy (non-hydrogen) atoms. The van der Waals surface area contributed by atoms with Crippen LogP contribution in [0.5, 0.6) is 5.75 Å². The molecule has 0 aliphatic carbocycles. The highest BCUT2D eigenvalue weighted by atomic mass is 16.5. The predicted molar refractivity (Wildman–Crippen MR) is 105 cm³/mol. The Morgan fingerprint density at radius 3 is 2.75 bits per heavy atom. The lowest BCUT2D eigenvalue weighted by molar-refractivity contribution is 0.0944. The van der Waals surface area contributed by atoms with E-state index in [0.717, 1.165) is 28.3 Å². The van der Waals surface area contributed by atoms with Crippen molar-refractivity contribution in [2.24, 2.45) is 0 Å². The largest absolute Gasteiger partial charge is 0.497 e. The quantitative estimate of drug-likeness (QED) is 0.581. The number of hydrogen-bond donors (Lipinski definition) is 1. The fourth-order valence-corrected chi connectivity index (χ4v) is 3.06. The van der Waals surface area contributed by atoms with E-state index in [1.54, 1.807) is 11.5 Å². The number of nitrogens with one attached hydrogen (secondary N) is 1. The number of carbonyl (C=O) groups excluding carboxylic acids is 1. The van der Waals surface area contributed by atoms with E-state index in [1.807, 2.05) is 61.7 Å². The first-order valence-electron chi connectivity index (χ1n) is 8.83. The predicted octanol–water partition coefficient (Wildman–Crippen LogP) is 3.04. The van der Waals surface area contributed by atoms with Crippen molar-refractivity contribution in [1.82, 2.24) is 24.7 Å². The number of imidazole rings is 1. The lowest BCUT2D eigenvalue weighted by Gasteiger charge is -2.07. The molecule has 1 N–H and O–H groups in total. The van der Waals surface area contributed by atoms with Gasteiger partial charge in [-0.2, -0.15) is 0 Å². The molecule has 0 aliphatic rings. The molecule has 0 spiro atoms. The van der Waals surface area contributed by atoms with E-state index >= 15 is 0 Å². The van der Waals surface area contributed by atoms with Crippen LogP contribution < -0.4 is 10.1 Å². The minimum Gasteiger partial charge on any atom is -0.497 e. The van der Waals surface area contributed by atoms with Crippen LogP contribution in [0.1, 0.15) is 21.9 Å². The van der Waals surface area contributed by atoms with Crippen molar-refractivity contribution < 1.29 is 9.53 Å². The number of ether oxygens (including phenoxy) is 1. The summed E-state index contributed by atoms with van der Waals surface area (Å²) in [5.74, 6) is 0.592. The van der Waals surface area contributed by atoms with Gasteiger partial charge in [-0.1, -0.05) is 6.07 Å². The van der Waals surface area contributed by atoms with Gasteiger partial charge in [0.05, 0.1) is 30.7 Å². The molecule has 0 aliphatic heterocycles. The van der Waals surface area contributed by atoms with Crippen LogP contribution >= 0.6 is 0 Å². The van der Waals surface area contributed by atoms with Gasteiger partial charge in [0.15, 0.2) is 0 Å². The van der Waals surface area contributed by atoms with Gasteiger partial charge in [0.1, 0.15) is 23.4 Å². The molecule has 140 valence electrons. The van der Waals surface area contributed by atoms with Gasteiger partial charge in [0.2, 0.25) is 0 Å². The van der Waals surface area contributed by atoms with E-state index in [-0.39, 0.29) is 5.91 Å². The van der Waals surface area contributed by atoms with Crippen molar-refractivity contribution in [2.45, 2.75) is 13.5 Å². The number of aryl methyl sites for hydroxylation is 1. The van der Waals surface area contributed by atoms with Crippen LogP contribution in [0.15, 0.2) is 61.1 Å². The van der Waals surface area contributed by atoms with Gasteiger partial charge in [-0.15, -0.1) is 0 Å². The van der Waals surface area contributed by atoms with Crippen molar-refractivity contribution in [3.8, 4) is 17.0 Å². The summed E-state index contributed by atoms with van der Waals surface area (Å²) in [6.45, 7) is 2.12. The summed E-state index contributed by atoms with van der Waals surface area (Å²) in [6.07, 6.45) is 3.33. The first kappa shape index (κ1) is 17.7. The Bertz CT molecular complexity index is 1140. The molecule has 0 saturated carbocycles. The maximum Gasteiger partial charge on any atom is 0.270 e. The molecule has 3 heterocycles. The molecule has 4 rings (SSSR count). The lowest BCUT2D eigenvalue weighted by atomic mass is 10.1. The van der Waals surface area contributed by atoms with Gasteiger partial charge in [0, 0.05) is 11.8 Å². The first-order valence-corrected chi connectivity index (χ1v) is 8.83. The molecule has 4 aromatic rings. The zero-order valence-electron chi connectivity index (χ0n) is 15.6. The smallest absolute Gasteiger partial charge is 0.270 e. The van der Waals surface area contributed by atoms with E-state index in [2.05, 4.69) is 20.3 Å². The summed E-state index contributed by atoms with van der Waals surface area (Å²) < 4.78 is 6.97. The molecule has 3 aromatic heterocycles. The van der Waals surface area contributed by atoms with Crippen LogP contribution in [0, 0.1) is 6.92 Å². The minimum atomic E-state index is -0.194. The van der Waals surface area contributed by atoms with E-state index < -0.39 is 0 Å². The van der Waals surface area contributed by atoms with Crippen molar-refractivity contribution >= 4 is 11.6 Å². The zero-order chi connectivity index (χ0) is 19.5. The highest BCUT2D eigenvalue weighted by Gasteiger charge is 2.16. The van der Waals surface area contributed by atoms with Crippen molar-refractivity contribution in [2.75, 3.05) is 7.11 Å². The van der Waals surface area contributed by atoms with E-state index in [1.165, 1.54) is 6.33 Å². The van der Waals surface area contributed by atoms with Crippen molar-refractivity contribution in [3.05, 3.63) is 78.1 Å². The Labute approximate surface area is 162 Å². The molecule has 7 heteroatoms. The van der Waals surface area contributed by atoms with Gasteiger partial charge in [-0.05, 0) is 49.4 Å². The number of nitrogens with zero attached hydrogens (tertiary/aromatic N) is 4. The summed E-state index contributed by atoms with van der Waals surface area (Å²) in [5, 5.41) is 2.92. The van der Waals surface area contributed by atoms with Gasteiger partial charge in [0.25, 0.3) is 5.91 Å². The fourth-order valence-electron chi connectivity index (χ4n) is 3.06. The number of rotatable bonds is 5. The third-order valence-electron chi connectivity index (χ3n) is 4.46. The Kier molecular flexibility index (Phi) is 4.72. The number of benzene rings is 1. The monoisotopic (exact) mass is 373 g/mol. The van der Waals surface area contributed by atoms with Crippen molar-refractivity contribution in [3.63, 3.8) is 0 Å². The highest BCUT2D eigenvalue weighted by molar-refractivity contribution is 5.94. The van der Waals surface area contributed by atoms with Crippen LogP contribution in [0.3, 0.4) is 0 Å². The van der Waals surface area contributed by atoms with Gasteiger partial charge < -0.3 is 10.1 Å². The third kappa shape index (κ3) is 3.42. The van der Waals surface area contributed by atoms with Gasteiger partial charge >= 0.3 is 0 Å². The van der Waals surface area contributed by atoms with E-state index in [4.69, 9.17) is 4.74 Å². The minimum absolute atomic E-state index is 0.194. The molecule has 1 amide bonds. The Morgan fingerprint density at radius 2 is 1.96 bits per heavy atom. The Morgan fingerprint density at radius 1 is 1.14 bits per heavy atom.